The van der Waals surface area contributed by atoms with E-state index < -0.39 is 60.0 Å². The smallest absolute Gasteiger partial charge is 0.330 e. The van der Waals surface area contributed by atoms with Gasteiger partial charge in [-0.2, -0.15) is 26.3 Å². The minimum Gasteiger partial charge on any atom is -0.330 e. The van der Waals surface area contributed by atoms with Gasteiger partial charge in [-0.1, -0.05) is 0 Å². The van der Waals surface area contributed by atoms with Gasteiger partial charge in [-0.3, -0.25) is 19.2 Å². The van der Waals surface area contributed by atoms with Crippen LogP contribution in [-0.2, 0) is 0 Å². The van der Waals surface area contributed by atoms with Crippen molar-refractivity contribution in [3.63, 3.8) is 0 Å². The number of fused-ring (bicyclic) bond motifs is 1. The monoisotopic (exact) mass is 498 g/mol. The summed E-state index contributed by atoms with van der Waals surface area (Å²) in [6, 6.07) is -1.19. The predicted molar refractivity (Wildman–Crippen MR) is 109 cm³/mol. The molecule has 2 heterocycles. The lowest BCUT2D eigenvalue weighted by molar-refractivity contribution is -0.288. The Kier molecular flexibility index (Phi) is 6.24. The fraction of sp³-hybridized carbons (Fsp3) is 0.714. The van der Waals surface area contributed by atoms with Crippen LogP contribution >= 0.6 is 0 Å². The minimum atomic E-state index is -5.46. The number of rotatable bonds is 5. The Labute approximate surface area is 188 Å². The first kappa shape index (κ1) is 25.0. The van der Waals surface area contributed by atoms with Gasteiger partial charge in [0.15, 0.2) is 5.92 Å². The Balaban J connectivity index is 1.71. The number of halogens is 7. The molecule has 0 bridgehead atoms. The standard InChI is InChI=1S/C21H25F7N4O2/c1-9-16-13(18(33)30-19(34)32(16)12-2-3-12)5-14(22)17(9)31-7-10(11(6-29)8-31)4-15(20(23,24)25)21(26,27)28/h5,10-12,14-15,17H,2-4,6-8,29H2,1H3,(H,30,33,34). The van der Waals surface area contributed by atoms with Gasteiger partial charge in [0.05, 0.1) is 16.6 Å². The van der Waals surface area contributed by atoms with Gasteiger partial charge < -0.3 is 5.73 Å². The number of likely N-dealkylation sites (tertiary alicyclic amines) is 1. The summed E-state index contributed by atoms with van der Waals surface area (Å²) in [6.45, 7) is 1.18. The molecule has 4 unspecified atom stereocenters. The Bertz CT molecular complexity index is 1170. The maximum Gasteiger partial charge on any atom is 0.400 e. The lowest BCUT2D eigenvalue weighted by atomic mass is 9.86. The summed E-state index contributed by atoms with van der Waals surface area (Å²) in [6.07, 6.45) is -11.4. The van der Waals surface area contributed by atoms with Crippen molar-refractivity contribution < 1.29 is 30.7 Å². The summed E-state index contributed by atoms with van der Waals surface area (Å²) in [4.78, 5) is 28.5. The number of H-pyrrole nitrogens is 1. The van der Waals surface area contributed by atoms with E-state index in [-0.39, 0.29) is 36.2 Å². The molecular weight excluding hydrogens is 473 g/mol. The van der Waals surface area contributed by atoms with Crippen molar-refractivity contribution >= 4 is 11.6 Å². The van der Waals surface area contributed by atoms with E-state index in [1.807, 2.05) is 0 Å². The summed E-state index contributed by atoms with van der Waals surface area (Å²) in [5, 5.41) is 0.277. The molecule has 4 rings (SSSR count). The van der Waals surface area contributed by atoms with E-state index >= 15 is 4.39 Å². The van der Waals surface area contributed by atoms with Crippen LogP contribution in [0, 0.1) is 17.8 Å². The number of hydrogen-bond acceptors (Lipinski definition) is 4. The highest BCUT2D eigenvalue weighted by Crippen LogP contribution is 2.45. The van der Waals surface area contributed by atoms with E-state index in [0.29, 0.717) is 18.4 Å². The summed E-state index contributed by atoms with van der Waals surface area (Å²) >= 11 is 0. The topological polar surface area (TPSA) is 84.1 Å². The van der Waals surface area contributed by atoms with E-state index in [1.54, 1.807) is 6.92 Å². The van der Waals surface area contributed by atoms with Gasteiger partial charge in [-0.05, 0) is 56.2 Å². The first-order valence-corrected chi connectivity index (χ1v) is 11.0. The van der Waals surface area contributed by atoms with E-state index in [9.17, 15) is 35.9 Å². The first-order chi connectivity index (χ1) is 15.7. The molecule has 190 valence electrons. The molecule has 0 spiro atoms. The molecule has 1 aromatic rings. The quantitative estimate of drug-likeness (QED) is 0.598. The molecule has 4 atom stereocenters. The van der Waals surface area contributed by atoms with Crippen molar-refractivity contribution in [3.8, 4) is 0 Å². The van der Waals surface area contributed by atoms with Crippen molar-refractivity contribution in [2.24, 2.45) is 23.5 Å². The highest BCUT2D eigenvalue weighted by Gasteiger charge is 2.58. The number of aromatic nitrogens is 2. The zero-order valence-corrected chi connectivity index (χ0v) is 18.2. The van der Waals surface area contributed by atoms with Crippen LogP contribution in [0.4, 0.5) is 30.7 Å². The molecule has 1 saturated carbocycles. The molecule has 3 aliphatic rings. The van der Waals surface area contributed by atoms with Crippen molar-refractivity contribution in [2.75, 3.05) is 19.6 Å². The zero-order valence-electron chi connectivity index (χ0n) is 18.2. The molecule has 2 fully saturated rings. The zero-order chi connectivity index (χ0) is 25.2. The maximum absolute atomic E-state index is 15.3. The molecule has 0 radical (unpaired) electrons. The number of aromatic amines is 1. The first-order valence-electron chi connectivity index (χ1n) is 11.0. The van der Waals surface area contributed by atoms with Gasteiger partial charge in [-0.15, -0.1) is 0 Å². The molecule has 1 aliphatic heterocycles. The van der Waals surface area contributed by atoms with Crippen LogP contribution in [0.3, 0.4) is 0 Å². The number of nitrogens with two attached hydrogens (primary N) is 1. The van der Waals surface area contributed by atoms with Crippen LogP contribution in [0.5, 0.6) is 0 Å². The Morgan fingerprint density at radius 3 is 2.21 bits per heavy atom. The summed E-state index contributed by atoms with van der Waals surface area (Å²) in [7, 11) is 0. The SMILES string of the molecule is CC1=c2c(c(=O)[nH]c(=O)n2C2CC2)=CC(F)C1N1CC(CN)C(CC(C(F)(F)F)C(F)(F)F)C1. The van der Waals surface area contributed by atoms with Crippen molar-refractivity contribution in [1.82, 2.24) is 14.5 Å². The Morgan fingerprint density at radius 2 is 1.68 bits per heavy atom. The second kappa shape index (κ2) is 8.51. The largest absolute Gasteiger partial charge is 0.400 e. The fourth-order valence-corrected chi connectivity index (χ4v) is 5.40. The second-order valence-electron chi connectivity index (χ2n) is 9.44. The molecule has 3 N–H and O–H groups in total. The molecule has 0 aromatic carbocycles. The van der Waals surface area contributed by atoms with E-state index in [0.717, 1.165) is 6.08 Å². The van der Waals surface area contributed by atoms with Crippen LogP contribution < -0.4 is 27.6 Å². The lowest BCUT2D eigenvalue weighted by Crippen LogP contribution is -2.60. The van der Waals surface area contributed by atoms with Gasteiger partial charge >= 0.3 is 18.0 Å². The average Bonchev–Trinajstić information content (AvgIpc) is 3.45. The third-order valence-corrected chi connectivity index (χ3v) is 7.17. The number of nitrogens with zero attached hydrogens (tertiary/aromatic N) is 2. The normalized spacial score (nSPS) is 28.4. The Morgan fingerprint density at radius 1 is 1.09 bits per heavy atom. The van der Waals surface area contributed by atoms with Crippen LogP contribution in [0.15, 0.2) is 9.59 Å². The molecule has 2 aliphatic carbocycles. The second-order valence-corrected chi connectivity index (χ2v) is 9.44. The molecule has 1 aromatic heterocycles. The van der Waals surface area contributed by atoms with E-state index in [2.05, 4.69) is 4.98 Å². The van der Waals surface area contributed by atoms with Gasteiger partial charge in [0.25, 0.3) is 5.56 Å². The van der Waals surface area contributed by atoms with Crippen LogP contribution in [0.2, 0.25) is 0 Å². The molecule has 34 heavy (non-hydrogen) atoms. The number of alkyl halides is 7. The molecule has 6 nitrogen and oxygen atoms in total. The van der Waals surface area contributed by atoms with Crippen LogP contribution in [0.25, 0.3) is 11.6 Å². The van der Waals surface area contributed by atoms with Gasteiger partial charge in [-0.25, -0.2) is 9.18 Å². The van der Waals surface area contributed by atoms with E-state index in [4.69, 9.17) is 5.73 Å². The highest BCUT2D eigenvalue weighted by molar-refractivity contribution is 5.56. The van der Waals surface area contributed by atoms with Crippen molar-refractivity contribution in [2.45, 2.75) is 56.8 Å². The molecule has 0 amide bonds. The van der Waals surface area contributed by atoms with Crippen molar-refractivity contribution in [1.29, 1.82) is 0 Å². The van der Waals surface area contributed by atoms with Gasteiger partial charge in [0, 0.05) is 19.1 Å². The number of hydrogen-bond donors (Lipinski definition) is 2. The summed E-state index contributed by atoms with van der Waals surface area (Å²) in [5.41, 5.74) is 4.65. The molecule has 1 saturated heterocycles. The summed E-state index contributed by atoms with van der Waals surface area (Å²) in [5.74, 6) is -5.25. The predicted octanol–water partition coefficient (Wildman–Crippen LogP) is 1.18. The third-order valence-electron chi connectivity index (χ3n) is 7.17. The van der Waals surface area contributed by atoms with Crippen LogP contribution in [0.1, 0.15) is 32.2 Å². The van der Waals surface area contributed by atoms with Crippen molar-refractivity contribution in [3.05, 3.63) is 31.4 Å². The van der Waals surface area contributed by atoms with Gasteiger partial charge in [0.2, 0.25) is 0 Å². The van der Waals surface area contributed by atoms with E-state index in [1.165, 1.54) is 9.47 Å². The minimum absolute atomic E-state index is 0.00600. The molecular formula is C21H25F7N4O2. The molecule has 13 heteroatoms. The lowest BCUT2D eigenvalue weighted by Gasteiger charge is -2.33. The van der Waals surface area contributed by atoms with Crippen LogP contribution in [-0.4, -0.2) is 58.7 Å². The number of nitrogens with one attached hydrogen (secondary N) is 1. The average molecular weight is 498 g/mol. The highest BCUT2D eigenvalue weighted by atomic mass is 19.4. The third kappa shape index (κ3) is 4.43. The maximum atomic E-state index is 15.3. The van der Waals surface area contributed by atoms with Gasteiger partial charge in [0.1, 0.15) is 6.17 Å². The fourth-order valence-electron chi connectivity index (χ4n) is 5.40. The Hall–Kier alpha value is -2.15. The summed E-state index contributed by atoms with van der Waals surface area (Å²) < 4.78 is 95.6.